The molecule has 4 heteroatoms. The maximum Gasteiger partial charge on any atom is 0.160 e. The third kappa shape index (κ3) is 7.81. The highest BCUT2D eigenvalue weighted by molar-refractivity contribution is 6.14. The van der Waals surface area contributed by atoms with Gasteiger partial charge in [0.15, 0.2) is 5.84 Å². The van der Waals surface area contributed by atoms with Crippen molar-refractivity contribution in [2.24, 2.45) is 21.8 Å². The van der Waals surface area contributed by atoms with E-state index in [-0.39, 0.29) is 0 Å². The first kappa shape index (κ1) is 35.8. The average molecular weight is 738 g/mol. The van der Waals surface area contributed by atoms with Crippen molar-refractivity contribution < 1.29 is 4.74 Å². The van der Waals surface area contributed by atoms with Crippen molar-refractivity contribution in [2.45, 2.75) is 26.2 Å². The summed E-state index contributed by atoms with van der Waals surface area (Å²) in [5, 5.41) is 0. The van der Waals surface area contributed by atoms with Gasteiger partial charge in [-0.1, -0.05) is 140 Å². The van der Waals surface area contributed by atoms with Crippen LogP contribution in [0.3, 0.4) is 0 Å². The van der Waals surface area contributed by atoms with Gasteiger partial charge in [0.2, 0.25) is 0 Å². The summed E-state index contributed by atoms with van der Waals surface area (Å²) in [7, 11) is 0. The topological polar surface area (TPSA) is 46.8 Å². The van der Waals surface area contributed by atoms with E-state index < -0.39 is 0 Å². The molecule has 0 amide bonds. The Morgan fingerprint density at radius 2 is 1.23 bits per heavy atom. The fourth-order valence-electron chi connectivity index (χ4n) is 8.08. The molecule has 2 unspecified atom stereocenters. The van der Waals surface area contributed by atoms with Crippen molar-refractivity contribution in [1.82, 2.24) is 4.98 Å². The number of aliphatic imine (C=N–C) groups is 2. The first-order valence-corrected chi connectivity index (χ1v) is 19.9. The van der Waals surface area contributed by atoms with Gasteiger partial charge in [0.05, 0.1) is 17.1 Å². The largest absolute Gasteiger partial charge is 0.457 e. The molecule has 0 radical (unpaired) electrons. The molecule has 0 fully saturated rings. The molecule has 1 aromatic heterocycles. The molecule has 0 saturated carbocycles. The van der Waals surface area contributed by atoms with E-state index in [0.29, 0.717) is 17.7 Å². The number of allylic oxidation sites excluding steroid dienone is 9. The van der Waals surface area contributed by atoms with Crippen molar-refractivity contribution in [2.75, 3.05) is 0 Å². The summed E-state index contributed by atoms with van der Waals surface area (Å²) in [6, 6.07) is 52.2. The number of amidine groups is 1. The van der Waals surface area contributed by atoms with Gasteiger partial charge in [0.1, 0.15) is 11.5 Å². The zero-order chi connectivity index (χ0) is 38.4. The van der Waals surface area contributed by atoms with Crippen LogP contribution in [-0.2, 0) is 0 Å². The van der Waals surface area contributed by atoms with Gasteiger partial charge >= 0.3 is 0 Å². The number of hydrogen-bond acceptors (Lipinski definition) is 4. The maximum absolute atomic E-state index is 6.33. The average Bonchev–Trinajstić information content (AvgIpc) is 3.27. The van der Waals surface area contributed by atoms with Gasteiger partial charge in [0, 0.05) is 17.7 Å². The lowest BCUT2D eigenvalue weighted by Crippen LogP contribution is -2.21. The standard InChI is InChI=1S/C53H43N3O/c1-2-45-46-18-9-10-19-47(46)48(36-49(45)52-20-11-12-35-54-52)39-25-23-37(24-26-39)38-27-31-43(32-28-38)57-44-33-29-42(30-34-44)53-55-50(40-14-5-3-6-15-40)21-13-22-51(56-53)41-16-7-4-8-17-41/h3-12,14-21,23-36,45-46H,2,13,22H2,1H3/b50-21-,55-53-,56-51+. The monoisotopic (exact) mass is 737 g/mol. The molecule has 1 aliphatic heterocycles. The molecule has 57 heavy (non-hydrogen) atoms. The second-order valence-electron chi connectivity index (χ2n) is 14.6. The lowest BCUT2D eigenvalue weighted by molar-refractivity contribution is 0.483. The highest BCUT2D eigenvalue weighted by Gasteiger charge is 2.32. The van der Waals surface area contributed by atoms with E-state index in [0.717, 1.165) is 75.7 Å². The first-order chi connectivity index (χ1) is 28.2. The Morgan fingerprint density at radius 3 is 1.89 bits per heavy atom. The SMILES string of the molecule is CCC1C(c2ccccn2)=CC(c2ccc(-c3ccc(Oc4ccc(C5=N/C(c6ccccc6)=C\CC/C(c6ccccc6)=N\5)cc4)cc3)cc2)=C2C=CC=CC21. The number of pyridine rings is 1. The minimum Gasteiger partial charge on any atom is -0.457 e. The van der Waals surface area contributed by atoms with Crippen LogP contribution in [0.25, 0.3) is 28.0 Å². The van der Waals surface area contributed by atoms with E-state index >= 15 is 0 Å². The molecule has 5 aromatic carbocycles. The molecule has 276 valence electrons. The molecular formula is C53H43N3O. The molecule has 3 aliphatic rings. The molecule has 2 heterocycles. The number of hydrogen-bond donors (Lipinski definition) is 0. The lowest BCUT2D eigenvalue weighted by atomic mass is 9.70. The van der Waals surface area contributed by atoms with Crippen molar-refractivity contribution in [1.29, 1.82) is 0 Å². The van der Waals surface area contributed by atoms with Gasteiger partial charge in [-0.05, 0) is 124 Å². The Bertz CT molecular complexity index is 2580. The van der Waals surface area contributed by atoms with E-state index in [2.05, 4.69) is 128 Å². The van der Waals surface area contributed by atoms with Gasteiger partial charge in [0.25, 0.3) is 0 Å². The Morgan fingerprint density at radius 1 is 0.596 bits per heavy atom. The smallest absolute Gasteiger partial charge is 0.160 e. The van der Waals surface area contributed by atoms with Crippen LogP contribution in [0.2, 0.25) is 0 Å². The second-order valence-corrected chi connectivity index (χ2v) is 14.6. The van der Waals surface area contributed by atoms with E-state index in [1.807, 2.05) is 72.9 Å². The second kappa shape index (κ2) is 16.4. The lowest BCUT2D eigenvalue weighted by Gasteiger charge is -2.34. The van der Waals surface area contributed by atoms with Crippen molar-refractivity contribution in [3.05, 3.63) is 228 Å². The number of nitrogens with zero attached hydrogens (tertiary/aromatic N) is 3. The number of benzene rings is 5. The molecule has 9 rings (SSSR count). The molecule has 0 N–H and O–H groups in total. The fourth-order valence-corrected chi connectivity index (χ4v) is 8.08. The Labute approximate surface area is 335 Å². The number of rotatable bonds is 9. The summed E-state index contributed by atoms with van der Waals surface area (Å²) in [5.41, 5.74) is 13.6. The van der Waals surface area contributed by atoms with E-state index in [4.69, 9.17) is 19.7 Å². The summed E-state index contributed by atoms with van der Waals surface area (Å²) in [6.07, 6.45) is 18.2. The number of aromatic nitrogens is 1. The van der Waals surface area contributed by atoms with Crippen LogP contribution in [0.5, 0.6) is 11.5 Å². The first-order valence-electron chi connectivity index (χ1n) is 19.9. The van der Waals surface area contributed by atoms with E-state index in [1.54, 1.807) is 0 Å². The molecule has 0 saturated heterocycles. The van der Waals surface area contributed by atoms with Crippen molar-refractivity contribution in [3.8, 4) is 22.6 Å². The van der Waals surface area contributed by atoms with Crippen molar-refractivity contribution in [3.63, 3.8) is 0 Å². The highest BCUT2D eigenvalue weighted by Crippen LogP contribution is 2.46. The summed E-state index contributed by atoms with van der Waals surface area (Å²) < 4.78 is 6.33. The predicted molar refractivity (Wildman–Crippen MR) is 236 cm³/mol. The number of fused-ring (bicyclic) bond motifs is 1. The van der Waals surface area contributed by atoms with Crippen molar-refractivity contribution >= 4 is 28.4 Å². The maximum atomic E-state index is 6.33. The zero-order valence-electron chi connectivity index (χ0n) is 32.0. The van der Waals surface area contributed by atoms with E-state index in [9.17, 15) is 0 Å². The van der Waals surface area contributed by atoms with Crippen LogP contribution in [0, 0.1) is 11.8 Å². The van der Waals surface area contributed by atoms with Crippen LogP contribution in [0.1, 0.15) is 54.1 Å². The molecule has 4 nitrogen and oxygen atoms in total. The summed E-state index contributed by atoms with van der Waals surface area (Å²) >= 11 is 0. The van der Waals surface area contributed by atoms with Gasteiger partial charge in [-0.2, -0.15) is 0 Å². The molecule has 2 aliphatic carbocycles. The van der Waals surface area contributed by atoms with Crippen LogP contribution in [-0.4, -0.2) is 16.5 Å². The third-order valence-corrected chi connectivity index (χ3v) is 11.0. The Hall–Kier alpha value is -6.91. The minimum absolute atomic E-state index is 0.334. The van der Waals surface area contributed by atoms with Crippen LogP contribution < -0.4 is 4.74 Å². The molecular weight excluding hydrogens is 695 g/mol. The van der Waals surface area contributed by atoms with Gasteiger partial charge in [-0.3, -0.25) is 4.98 Å². The predicted octanol–water partition coefficient (Wildman–Crippen LogP) is 13.2. The van der Waals surface area contributed by atoms with Gasteiger partial charge in [-0.25, -0.2) is 9.98 Å². The van der Waals surface area contributed by atoms with Crippen LogP contribution in [0.4, 0.5) is 0 Å². The quantitative estimate of drug-likeness (QED) is 0.148. The van der Waals surface area contributed by atoms with Gasteiger partial charge in [-0.15, -0.1) is 0 Å². The van der Waals surface area contributed by atoms with Crippen LogP contribution in [0.15, 0.2) is 210 Å². The Balaban J connectivity index is 0.934. The highest BCUT2D eigenvalue weighted by atomic mass is 16.5. The molecule has 0 bridgehead atoms. The minimum atomic E-state index is 0.334. The van der Waals surface area contributed by atoms with Gasteiger partial charge < -0.3 is 4.74 Å². The summed E-state index contributed by atoms with van der Waals surface area (Å²) in [5.74, 6) is 2.95. The van der Waals surface area contributed by atoms with E-state index in [1.165, 1.54) is 22.3 Å². The summed E-state index contributed by atoms with van der Waals surface area (Å²) in [6.45, 7) is 2.28. The normalized spacial score (nSPS) is 20.4. The number of ether oxygens (including phenoxy) is 1. The zero-order valence-corrected chi connectivity index (χ0v) is 32.0. The summed E-state index contributed by atoms with van der Waals surface area (Å²) in [4.78, 5) is 15.0. The molecule has 0 spiro atoms. The Kier molecular flexibility index (Phi) is 10.3. The van der Waals surface area contributed by atoms with Crippen LogP contribution >= 0.6 is 0 Å². The molecule has 2 atom stereocenters. The third-order valence-electron chi connectivity index (χ3n) is 11.0. The fraction of sp³-hybridized carbons (Fsp3) is 0.113. The molecule has 6 aromatic rings.